The van der Waals surface area contributed by atoms with Crippen LogP contribution in [0.1, 0.15) is 22.5 Å². The van der Waals surface area contributed by atoms with Crippen LogP contribution in [0.25, 0.3) is 33.5 Å². The lowest BCUT2D eigenvalue weighted by Crippen LogP contribution is -2.05. The standard InChI is InChI=1S/C34H28N8S2/c1-23-35-30-31(34(44-22-25-14-6-3-7-15-25)39-38-33(30)43-21-24-12-4-2-5-13-24)42(23)20-26-16-8-9-17-27(26)28-18-10-11-19-29(28)32-36-40-41-37-32/h2-19H,20-22H2,1H3,(H,36,37,40,41). The number of aromatic amines is 1. The van der Waals surface area contributed by atoms with Crippen LogP contribution in [0.2, 0.25) is 0 Å². The van der Waals surface area contributed by atoms with Crippen LogP contribution in [0, 0.1) is 6.92 Å². The van der Waals surface area contributed by atoms with Gasteiger partial charge in [0.1, 0.15) is 26.9 Å². The molecule has 8 nitrogen and oxygen atoms in total. The lowest BCUT2D eigenvalue weighted by atomic mass is 9.95. The minimum Gasteiger partial charge on any atom is -0.321 e. The smallest absolute Gasteiger partial charge is 0.205 e. The average Bonchev–Trinajstić information content (AvgIpc) is 3.73. The molecule has 7 aromatic rings. The molecule has 44 heavy (non-hydrogen) atoms. The summed E-state index contributed by atoms with van der Waals surface area (Å²) in [6.45, 7) is 2.68. The van der Waals surface area contributed by atoms with Gasteiger partial charge in [-0.25, -0.2) is 4.98 Å². The van der Waals surface area contributed by atoms with Crippen LogP contribution < -0.4 is 0 Å². The third-order valence-corrected chi connectivity index (χ3v) is 9.43. The number of H-pyrrole nitrogens is 1. The van der Waals surface area contributed by atoms with E-state index in [9.17, 15) is 0 Å². The van der Waals surface area contributed by atoms with Crippen LogP contribution in [0.3, 0.4) is 0 Å². The molecular formula is C34H28N8S2. The van der Waals surface area contributed by atoms with Crippen LogP contribution in [-0.4, -0.2) is 40.4 Å². The maximum Gasteiger partial charge on any atom is 0.205 e. The molecule has 0 amide bonds. The van der Waals surface area contributed by atoms with Crippen LogP contribution in [0.5, 0.6) is 0 Å². The Hall–Kier alpha value is -4.80. The molecule has 0 radical (unpaired) electrons. The third-order valence-electron chi connectivity index (χ3n) is 7.38. The normalized spacial score (nSPS) is 11.3. The van der Waals surface area contributed by atoms with Crippen molar-refractivity contribution < 1.29 is 0 Å². The van der Waals surface area contributed by atoms with Crippen molar-refractivity contribution in [1.29, 1.82) is 0 Å². The Kier molecular flexibility index (Phi) is 8.16. The number of rotatable bonds is 10. The van der Waals surface area contributed by atoms with Crippen LogP contribution in [0.15, 0.2) is 119 Å². The van der Waals surface area contributed by atoms with Gasteiger partial charge in [0, 0.05) is 17.1 Å². The van der Waals surface area contributed by atoms with Gasteiger partial charge >= 0.3 is 0 Å². The van der Waals surface area contributed by atoms with Gasteiger partial charge in [0.25, 0.3) is 0 Å². The Morgan fingerprint density at radius 1 is 0.636 bits per heavy atom. The highest BCUT2D eigenvalue weighted by molar-refractivity contribution is 7.99. The van der Waals surface area contributed by atoms with Crippen molar-refractivity contribution in [2.24, 2.45) is 0 Å². The molecule has 0 aliphatic carbocycles. The van der Waals surface area contributed by atoms with Crippen molar-refractivity contribution in [2.45, 2.75) is 35.0 Å². The molecule has 0 saturated carbocycles. The zero-order valence-electron chi connectivity index (χ0n) is 24.0. The predicted octanol–water partition coefficient (Wildman–Crippen LogP) is 7.61. The number of thioether (sulfide) groups is 2. The van der Waals surface area contributed by atoms with E-state index in [1.54, 1.807) is 23.5 Å². The molecule has 1 N–H and O–H groups in total. The molecule has 3 aromatic heterocycles. The first-order chi connectivity index (χ1) is 21.7. The number of benzene rings is 4. The minimum atomic E-state index is 0.564. The summed E-state index contributed by atoms with van der Waals surface area (Å²) in [6, 6.07) is 37.5. The first kappa shape index (κ1) is 28.0. The van der Waals surface area contributed by atoms with Crippen LogP contribution >= 0.6 is 23.5 Å². The quantitative estimate of drug-likeness (QED) is 0.158. The molecule has 0 aliphatic heterocycles. The van der Waals surface area contributed by atoms with Gasteiger partial charge in [-0.1, -0.05) is 133 Å². The lowest BCUT2D eigenvalue weighted by molar-refractivity contribution is 0.771. The summed E-state index contributed by atoms with van der Waals surface area (Å²) in [6.07, 6.45) is 0. The topological polar surface area (TPSA) is 98.1 Å². The molecule has 0 fully saturated rings. The summed E-state index contributed by atoms with van der Waals surface area (Å²) < 4.78 is 2.28. The molecule has 10 heteroatoms. The molecule has 0 saturated heterocycles. The number of nitrogens with one attached hydrogen (secondary N) is 1. The molecular weight excluding hydrogens is 585 g/mol. The molecule has 0 bridgehead atoms. The summed E-state index contributed by atoms with van der Waals surface area (Å²) in [5.41, 5.74) is 8.60. The molecule has 0 unspecified atom stereocenters. The lowest BCUT2D eigenvalue weighted by Gasteiger charge is -2.15. The van der Waals surface area contributed by atoms with Crippen molar-refractivity contribution in [3.63, 3.8) is 0 Å². The van der Waals surface area contributed by atoms with Gasteiger partial charge in [-0.3, -0.25) is 0 Å². The maximum absolute atomic E-state index is 5.09. The van der Waals surface area contributed by atoms with E-state index in [4.69, 9.17) is 15.2 Å². The van der Waals surface area contributed by atoms with Gasteiger partial charge < -0.3 is 4.57 Å². The van der Waals surface area contributed by atoms with Crippen LogP contribution in [0.4, 0.5) is 0 Å². The highest BCUT2D eigenvalue weighted by Crippen LogP contribution is 2.37. The van der Waals surface area contributed by atoms with Crippen molar-refractivity contribution >= 4 is 34.6 Å². The summed E-state index contributed by atoms with van der Waals surface area (Å²) in [7, 11) is 0. The van der Waals surface area contributed by atoms with Crippen molar-refractivity contribution in [1.82, 2.24) is 40.4 Å². The second kappa shape index (κ2) is 12.8. The summed E-state index contributed by atoms with van der Waals surface area (Å²) >= 11 is 3.37. The van der Waals surface area contributed by atoms with Crippen molar-refractivity contribution in [3.05, 3.63) is 132 Å². The number of aromatic nitrogens is 8. The molecule has 4 aromatic carbocycles. The third kappa shape index (κ3) is 5.86. The van der Waals surface area contributed by atoms with Gasteiger partial charge in [-0.2, -0.15) is 5.21 Å². The summed E-state index contributed by atoms with van der Waals surface area (Å²) in [5.74, 6) is 3.07. The largest absolute Gasteiger partial charge is 0.321 e. The van der Waals surface area contributed by atoms with Gasteiger partial charge in [-0.05, 0) is 40.0 Å². The fourth-order valence-electron chi connectivity index (χ4n) is 5.24. The minimum absolute atomic E-state index is 0.564. The predicted molar refractivity (Wildman–Crippen MR) is 176 cm³/mol. The number of imidazole rings is 1. The summed E-state index contributed by atoms with van der Waals surface area (Å²) in [4.78, 5) is 5.09. The zero-order valence-corrected chi connectivity index (χ0v) is 25.6. The van der Waals surface area contributed by atoms with Gasteiger partial charge in [0.05, 0.1) is 6.54 Å². The van der Waals surface area contributed by atoms with Crippen molar-refractivity contribution in [2.75, 3.05) is 0 Å². The Labute approximate surface area is 263 Å². The average molecular weight is 613 g/mol. The number of tetrazole rings is 1. The van der Waals surface area contributed by atoms with E-state index in [2.05, 4.69) is 111 Å². The van der Waals surface area contributed by atoms with E-state index in [0.29, 0.717) is 12.4 Å². The molecule has 0 atom stereocenters. The second-order valence-corrected chi connectivity index (χ2v) is 12.2. The second-order valence-electron chi connectivity index (χ2n) is 10.2. The summed E-state index contributed by atoms with van der Waals surface area (Å²) in [5, 5.41) is 26.1. The number of hydrogen-bond donors (Lipinski definition) is 1. The van der Waals surface area contributed by atoms with E-state index in [-0.39, 0.29) is 0 Å². The maximum atomic E-state index is 5.09. The first-order valence-corrected chi connectivity index (χ1v) is 16.2. The highest BCUT2D eigenvalue weighted by Gasteiger charge is 2.21. The fourth-order valence-corrected chi connectivity index (χ4v) is 7.05. The van der Waals surface area contributed by atoms with Gasteiger partial charge in [-0.15, -0.1) is 20.4 Å². The van der Waals surface area contributed by atoms with Crippen molar-refractivity contribution in [3.8, 4) is 22.5 Å². The van der Waals surface area contributed by atoms with E-state index in [1.807, 2.05) is 30.3 Å². The Morgan fingerprint density at radius 3 is 1.91 bits per heavy atom. The number of fused-ring (bicyclic) bond motifs is 1. The highest BCUT2D eigenvalue weighted by atomic mass is 32.2. The fraction of sp³-hybridized carbons (Fsp3) is 0.118. The number of nitrogens with zero attached hydrogens (tertiary/aromatic N) is 7. The Bertz CT molecular complexity index is 2010. The zero-order chi connectivity index (χ0) is 29.7. The molecule has 7 rings (SSSR count). The van der Waals surface area contributed by atoms with Crippen LogP contribution in [-0.2, 0) is 18.1 Å². The van der Waals surface area contributed by atoms with Gasteiger partial charge in [0.15, 0.2) is 0 Å². The number of hydrogen-bond acceptors (Lipinski definition) is 8. The van der Waals surface area contributed by atoms with E-state index >= 15 is 0 Å². The molecule has 216 valence electrons. The van der Waals surface area contributed by atoms with E-state index < -0.39 is 0 Å². The van der Waals surface area contributed by atoms with E-state index in [1.165, 1.54) is 11.1 Å². The molecule has 0 aliphatic rings. The Morgan fingerprint density at radius 2 is 1.23 bits per heavy atom. The molecule has 0 spiro atoms. The van der Waals surface area contributed by atoms with Gasteiger partial charge in [0.2, 0.25) is 5.82 Å². The SMILES string of the molecule is Cc1nc2c(SCc3ccccc3)nnc(SCc3ccccc3)c2n1Cc1ccccc1-c1ccccc1-c1nn[nH]n1. The Balaban J connectivity index is 1.30. The molecule has 3 heterocycles. The first-order valence-electron chi connectivity index (χ1n) is 14.2. The van der Waals surface area contributed by atoms with E-state index in [0.717, 1.165) is 60.7 Å². The number of aryl methyl sites for hydroxylation is 1. The monoisotopic (exact) mass is 612 g/mol.